The Labute approximate surface area is 272 Å². The zero-order valence-corrected chi connectivity index (χ0v) is 29.7. The molecule has 0 bridgehead atoms. The molecule has 0 aromatic heterocycles. The minimum absolute atomic E-state index is 0.706. The lowest BCUT2D eigenvalue weighted by atomic mass is 9.66. The lowest BCUT2D eigenvalue weighted by Crippen LogP contribution is -2.60. The molecule has 44 heavy (non-hydrogen) atoms. The minimum atomic E-state index is 0.706. The molecular weight excluding hydrogens is 538 g/mol. The van der Waals surface area contributed by atoms with E-state index in [1.807, 2.05) is 0 Å². The largest absolute Gasteiger partial charge is 0.306 e. The second-order valence-electron chi connectivity index (χ2n) is 16.1. The van der Waals surface area contributed by atoms with Crippen molar-refractivity contribution < 1.29 is 0 Å². The molecule has 4 fully saturated rings. The fourth-order valence-corrected chi connectivity index (χ4v) is 9.77. The van der Waals surface area contributed by atoms with Crippen LogP contribution in [0.1, 0.15) is 89.2 Å². The van der Waals surface area contributed by atoms with Crippen LogP contribution >= 0.6 is 0 Å². The standard InChI is InChI=1S/C39H69N5/c1-7-8-32-9-11-33(12-10-32)29-31(2)30-38(39(34-13-21-40(3)22-14-34)35-15-23-41(4)24-16-35)44(36-17-25-42(5)26-18-36)37-19-27-43(6)28-20-37/h9-12,31,34-39H,7-8,13-30H2,1-6H3. The predicted molar refractivity (Wildman–Crippen MR) is 189 cm³/mol. The first-order chi connectivity index (χ1) is 21.3. The van der Waals surface area contributed by atoms with Gasteiger partial charge in [0.15, 0.2) is 0 Å². The molecule has 1 aromatic carbocycles. The zero-order chi connectivity index (χ0) is 31.1. The number of rotatable bonds is 12. The Hall–Kier alpha value is -0.980. The third kappa shape index (κ3) is 9.31. The summed E-state index contributed by atoms with van der Waals surface area (Å²) in [5.41, 5.74) is 3.05. The molecule has 0 saturated carbocycles. The summed E-state index contributed by atoms with van der Waals surface area (Å²) in [5.74, 6) is 3.30. The van der Waals surface area contributed by atoms with E-state index >= 15 is 0 Å². The third-order valence-electron chi connectivity index (χ3n) is 12.5. The van der Waals surface area contributed by atoms with Crippen molar-refractivity contribution in [2.75, 3.05) is 80.5 Å². The van der Waals surface area contributed by atoms with Crippen molar-refractivity contribution in [1.82, 2.24) is 24.5 Å². The van der Waals surface area contributed by atoms with Gasteiger partial charge >= 0.3 is 0 Å². The normalized spacial score (nSPS) is 25.3. The van der Waals surface area contributed by atoms with E-state index < -0.39 is 0 Å². The molecular formula is C39H69N5. The molecule has 4 aliphatic rings. The Balaban J connectivity index is 1.47. The number of aryl methyl sites for hydroxylation is 1. The van der Waals surface area contributed by atoms with Gasteiger partial charge in [-0.1, -0.05) is 44.5 Å². The lowest BCUT2D eigenvalue weighted by Gasteiger charge is -2.54. The average Bonchev–Trinajstić information content (AvgIpc) is 3.02. The van der Waals surface area contributed by atoms with Crippen LogP contribution in [-0.4, -0.2) is 123 Å². The summed E-state index contributed by atoms with van der Waals surface area (Å²) < 4.78 is 0. The first-order valence-electron chi connectivity index (χ1n) is 18.9. The second kappa shape index (κ2) is 16.7. The van der Waals surface area contributed by atoms with Crippen molar-refractivity contribution in [3.63, 3.8) is 0 Å². The highest BCUT2D eigenvalue weighted by molar-refractivity contribution is 5.23. The van der Waals surface area contributed by atoms with Gasteiger partial charge < -0.3 is 19.6 Å². The van der Waals surface area contributed by atoms with Gasteiger partial charge in [0.25, 0.3) is 0 Å². The maximum absolute atomic E-state index is 3.28. The van der Waals surface area contributed by atoms with E-state index in [0.717, 1.165) is 29.8 Å². The Morgan fingerprint density at radius 2 is 1.00 bits per heavy atom. The van der Waals surface area contributed by atoms with Crippen LogP contribution in [0, 0.1) is 23.7 Å². The monoisotopic (exact) mass is 608 g/mol. The van der Waals surface area contributed by atoms with Crippen molar-refractivity contribution in [3.05, 3.63) is 35.4 Å². The van der Waals surface area contributed by atoms with Crippen LogP contribution in [0.4, 0.5) is 0 Å². The van der Waals surface area contributed by atoms with Gasteiger partial charge in [-0.25, -0.2) is 0 Å². The highest BCUT2D eigenvalue weighted by Gasteiger charge is 2.45. The number of nitrogens with zero attached hydrogens (tertiary/aromatic N) is 5. The molecule has 0 aliphatic carbocycles. The molecule has 250 valence electrons. The summed E-state index contributed by atoms with van der Waals surface area (Å²) in [5, 5.41) is 0. The van der Waals surface area contributed by atoms with Crippen LogP contribution < -0.4 is 0 Å². The number of likely N-dealkylation sites (tertiary alicyclic amines) is 4. The molecule has 5 nitrogen and oxygen atoms in total. The lowest BCUT2D eigenvalue weighted by molar-refractivity contribution is -0.0532. The minimum Gasteiger partial charge on any atom is -0.306 e. The summed E-state index contributed by atoms with van der Waals surface area (Å²) in [4.78, 5) is 13.7. The Morgan fingerprint density at radius 1 is 0.614 bits per heavy atom. The summed E-state index contributed by atoms with van der Waals surface area (Å²) in [7, 11) is 9.41. The molecule has 1 aromatic rings. The number of benzene rings is 1. The highest BCUT2D eigenvalue weighted by atomic mass is 15.3. The number of hydrogen-bond donors (Lipinski definition) is 0. The number of piperidine rings is 4. The first-order valence-corrected chi connectivity index (χ1v) is 18.9. The van der Waals surface area contributed by atoms with Crippen molar-refractivity contribution in [2.24, 2.45) is 23.7 Å². The molecule has 0 spiro atoms. The van der Waals surface area contributed by atoms with Crippen LogP contribution in [-0.2, 0) is 12.8 Å². The number of hydrogen-bond acceptors (Lipinski definition) is 5. The topological polar surface area (TPSA) is 16.2 Å². The van der Waals surface area contributed by atoms with Gasteiger partial charge in [-0.15, -0.1) is 0 Å². The maximum atomic E-state index is 3.28. The molecule has 5 heteroatoms. The Bertz CT molecular complexity index is 842. The van der Waals surface area contributed by atoms with E-state index in [9.17, 15) is 0 Å². The van der Waals surface area contributed by atoms with Crippen molar-refractivity contribution in [2.45, 2.75) is 109 Å². The van der Waals surface area contributed by atoms with Gasteiger partial charge in [0, 0.05) is 18.1 Å². The molecule has 2 unspecified atom stereocenters. The van der Waals surface area contributed by atoms with Gasteiger partial charge in [0.05, 0.1) is 0 Å². The van der Waals surface area contributed by atoms with Gasteiger partial charge in [0.2, 0.25) is 0 Å². The Kier molecular flexibility index (Phi) is 13.1. The van der Waals surface area contributed by atoms with E-state index in [1.165, 1.54) is 135 Å². The van der Waals surface area contributed by atoms with Crippen LogP contribution in [0.5, 0.6) is 0 Å². The van der Waals surface area contributed by atoms with Crippen molar-refractivity contribution >= 4 is 0 Å². The summed E-state index contributed by atoms with van der Waals surface area (Å²) >= 11 is 0. The molecule has 4 saturated heterocycles. The van der Waals surface area contributed by atoms with Gasteiger partial charge in [0.1, 0.15) is 0 Å². The average molecular weight is 608 g/mol. The van der Waals surface area contributed by atoms with Gasteiger partial charge in [-0.2, -0.15) is 0 Å². The molecule has 4 heterocycles. The van der Waals surface area contributed by atoms with Crippen LogP contribution in [0.15, 0.2) is 24.3 Å². The summed E-state index contributed by atoms with van der Waals surface area (Å²) in [6.07, 6.45) is 16.1. The summed E-state index contributed by atoms with van der Waals surface area (Å²) in [6, 6.07) is 11.9. The van der Waals surface area contributed by atoms with Crippen molar-refractivity contribution in [3.8, 4) is 0 Å². The quantitative estimate of drug-likeness (QED) is 0.274. The summed E-state index contributed by atoms with van der Waals surface area (Å²) in [6.45, 7) is 15.2. The van der Waals surface area contributed by atoms with E-state index in [4.69, 9.17) is 0 Å². The van der Waals surface area contributed by atoms with E-state index in [2.05, 4.69) is 90.8 Å². The highest BCUT2D eigenvalue weighted by Crippen LogP contribution is 2.44. The van der Waals surface area contributed by atoms with Gasteiger partial charge in [-0.05, 0) is 186 Å². The molecule has 5 rings (SSSR count). The molecule has 0 radical (unpaired) electrons. The predicted octanol–water partition coefficient (Wildman–Crippen LogP) is 6.37. The smallest absolute Gasteiger partial charge is 0.0137 e. The molecule has 0 amide bonds. The Morgan fingerprint density at radius 3 is 1.41 bits per heavy atom. The van der Waals surface area contributed by atoms with Crippen LogP contribution in [0.2, 0.25) is 0 Å². The van der Waals surface area contributed by atoms with Crippen molar-refractivity contribution in [1.29, 1.82) is 0 Å². The van der Waals surface area contributed by atoms with E-state index in [-0.39, 0.29) is 0 Å². The van der Waals surface area contributed by atoms with E-state index in [0.29, 0.717) is 12.0 Å². The van der Waals surface area contributed by atoms with Crippen LogP contribution in [0.25, 0.3) is 0 Å². The molecule has 0 N–H and O–H groups in total. The first kappa shape index (κ1) is 34.4. The fourth-order valence-electron chi connectivity index (χ4n) is 9.77. The third-order valence-corrected chi connectivity index (χ3v) is 12.5. The SMILES string of the molecule is CCCc1ccc(CC(C)CC(C(C2CCN(C)CC2)C2CCN(C)CC2)N(C2CCN(C)CC2)C2CCN(C)CC2)cc1. The maximum Gasteiger partial charge on any atom is 0.0137 e. The van der Waals surface area contributed by atoms with Gasteiger partial charge in [-0.3, -0.25) is 4.90 Å². The zero-order valence-electron chi connectivity index (χ0n) is 29.7. The van der Waals surface area contributed by atoms with Crippen LogP contribution in [0.3, 0.4) is 0 Å². The molecule has 2 atom stereocenters. The second-order valence-corrected chi connectivity index (χ2v) is 16.1. The van der Waals surface area contributed by atoms with E-state index in [1.54, 1.807) is 5.56 Å². The molecule has 4 aliphatic heterocycles. The fraction of sp³-hybridized carbons (Fsp3) is 0.846.